The van der Waals surface area contributed by atoms with Crippen molar-refractivity contribution in [3.8, 4) is 0 Å². The minimum atomic E-state index is -1.44. The summed E-state index contributed by atoms with van der Waals surface area (Å²) in [7, 11) is 1.29. The van der Waals surface area contributed by atoms with Crippen LogP contribution in [0, 0.1) is 0 Å². The first-order chi connectivity index (χ1) is 6.88. The minimum absolute atomic E-state index is 0.661. The molecule has 0 fully saturated rings. The van der Waals surface area contributed by atoms with Crippen molar-refractivity contribution in [3.63, 3.8) is 0 Å². The van der Waals surface area contributed by atoms with Gasteiger partial charge in [0, 0.05) is 7.11 Å². The van der Waals surface area contributed by atoms with E-state index in [0.29, 0.717) is 0 Å². The number of carboxylic acids is 2. The summed E-state index contributed by atoms with van der Waals surface area (Å²) in [5.74, 6) is -3.35. The highest BCUT2D eigenvalue weighted by Gasteiger charge is 2.24. The quantitative estimate of drug-likeness (QED) is 0.531. The molecule has 0 aromatic heterocycles. The van der Waals surface area contributed by atoms with Gasteiger partial charge < -0.3 is 20.3 Å². The number of carbonyl (C=O) groups excluding carboxylic acids is 1. The molecule has 0 radical (unpaired) electrons. The molecule has 2 unspecified atom stereocenters. The highest BCUT2D eigenvalue weighted by Crippen LogP contribution is 1.95. The number of carboxylic acid groups (broad SMARTS) is 2. The van der Waals surface area contributed by atoms with Gasteiger partial charge in [0.05, 0.1) is 6.42 Å². The van der Waals surface area contributed by atoms with Crippen molar-refractivity contribution in [1.29, 1.82) is 0 Å². The lowest BCUT2D eigenvalue weighted by atomic mass is 10.2. The molecule has 86 valence electrons. The Morgan fingerprint density at radius 3 is 2.20 bits per heavy atom. The number of aliphatic carboxylic acids is 2. The average molecular weight is 219 g/mol. The Bertz CT molecular complexity index is 264. The van der Waals surface area contributed by atoms with E-state index in [-0.39, 0.29) is 0 Å². The number of rotatable bonds is 6. The molecular weight excluding hydrogens is 206 g/mol. The van der Waals surface area contributed by atoms with Gasteiger partial charge in [-0.15, -0.1) is 0 Å². The molecule has 0 rings (SSSR count). The van der Waals surface area contributed by atoms with Gasteiger partial charge in [0.2, 0.25) is 5.91 Å². The number of carbonyl (C=O) groups is 3. The number of hydrogen-bond donors (Lipinski definition) is 3. The van der Waals surface area contributed by atoms with Crippen molar-refractivity contribution in [3.05, 3.63) is 0 Å². The van der Waals surface area contributed by atoms with E-state index in [0.717, 1.165) is 0 Å². The second-order valence-corrected chi connectivity index (χ2v) is 2.88. The molecule has 0 saturated carbocycles. The van der Waals surface area contributed by atoms with Crippen LogP contribution in [0.1, 0.15) is 13.3 Å². The predicted octanol–water partition coefficient (Wildman–Crippen LogP) is -0.935. The van der Waals surface area contributed by atoms with Gasteiger partial charge in [-0.25, -0.2) is 4.79 Å². The van der Waals surface area contributed by atoms with E-state index in [1.807, 2.05) is 0 Å². The lowest BCUT2D eigenvalue weighted by Gasteiger charge is -2.15. The van der Waals surface area contributed by atoms with Crippen molar-refractivity contribution >= 4 is 17.8 Å². The molecular formula is C8H13NO6. The van der Waals surface area contributed by atoms with Gasteiger partial charge in [0.1, 0.15) is 12.1 Å². The molecule has 7 nitrogen and oxygen atoms in total. The molecule has 7 heteroatoms. The summed E-state index contributed by atoms with van der Waals surface area (Å²) in [4.78, 5) is 32.0. The average Bonchev–Trinajstić information content (AvgIpc) is 2.14. The lowest BCUT2D eigenvalue weighted by molar-refractivity contribution is -0.148. The zero-order valence-electron chi connectivity index (χ0n) is 8.39. The van der Waals surface area contributed by atoms with E-state index in [4.69, 9.17) is 10.2 Å². The monoisotopic (exact) mass is 219 g/mol. The molecule has 15 heavy (non-hydrogen) atoms. The van der Waals surface area contributed by atoms with Gasteiger partial charge in [-0.1, -0.05) is 0 Å². The SMILES string of the molecule is COC(C)C(=O)NC(CC(=O)O)C(=O)O. The largest absolute Gasteiger partial charge is 0.481 e. The highest BCUT2D eigenvalue weighted by atomic mass is 16.5. The first-order valence-corrected chi connectivity index (χ1v) is 4.16. The van der Waals surface area contributed by atoms with Crippen LogP contribution < -0.4 is 5.32 Å². The summed E-state index contributed by atoms with van der Waals surface area (Å²) < 4.78 is 4.65. The number of hydrogen-bond acceptors (Lipinski definition) is 4. The first kappa shape index (κ1) is 13.4. The van der Waals surface area contributed by atoms with Crippen LogP contribution in [-0.4, -0.2) is 47.3 Å². The molecule has 3 N–H and O–H groups in total. The molecule has 0 aromatic carbocycles. The molecule has 0 saturated heterocycles. The van der Waals surface area contributed by atoms with E-state index >= 15 is 0 Å². The van der Waals surface area contributed by atoms with Crippen LogP contribution in [0.25, 0.3) is 0 Å². The fourth-order valence-corrected chi connectivity index (χ4v) is 0.771. The molecule has 0 aliphatic heterocycles. The van der Waals surface area contributed by atoms with E-state index in [9.17, 15) is 14.4 Å². The summed E-state index contributed by atoms with van der Waals surface area (Å²) in [6, 6.07) is -1.44. The van der Waals surface area contributed by atoms with Gasteiger partial charge in [-0.05, 0) is 6.92 Å². The van der Waals surface area contributed by atoms with Crippen LogP contribution in [0.4, 0.5) is 0 Å². The van der Waals surface area contributed by atoms with Gasteiger partial charge in [0.15, 0.2) is 0 Å². The molecule has 2 atom stereocenters. The molecule has 0 aliphatic rings. The molecule has 0 aliphatic carbocycles. The van der Waals surface area contributed by atoms with Crippen LogP contribution in [0.5, 0.6) is 0 Å². The predicted molar refractivity (Wildman–Crippen MR) is 48.3 cm³/mol. The van der Waals surface area contributed by atoms with Crippen LogP contribution in [0.15, 0.2) is 0 Å². The maximum absolute atomic E-state index is 11.2. The second-order valence-electron chi connectivity index (χ2n) is 2.88. The maximum Gasteiger partial charge on any atom is 0.326 e. The summed E-state index contributed by atoms with van der Waals surface area (Å²) in [5.41, 5.74) is 0. The van der Waals surface area contributed by atoms with E-state index in [1.165, 1.54) is 14.0 Å². The van der Waals surface area contributed by atoms with Crippen molar-refractivity contribution in [2.24, 2.45) is 0 Å². The van der Waals surface area contributed by atoms with Crippen molar-refractivity contribution in [2.45, 2.75) is 25.5 Å². The second kappa shape index (κ2) is 5.97. The fourth-order valence-electron chi connectivity index (χ4n) is 0.771. The highest BCUT2D eigenvalue weighted by molar-refractivity contribution is 5.88. The minimum Gasteiger partial charge on any atom is -0.481 e. The third-order valence-electron chi connectivity index (χ3n) is 1.72. The van der Waals surface area contributed by atoms with Crippen LogP contribution >= 0.6 is 0 Å². The van der Waals surface area contributed by atoms with Crippen LogP contribution in [0.2, 0.25) is 0 Å². The van der Waals surface area contributed by atoms with E-state index in [2.05, 4.69) is 10.1 Å². The Kier molecular flexibility index (Phi) is 5.32. The maximum atomic E-state index is 11.2. The Morgan fingerprint density at radius 1 is 1.33 bits per heavy atom. The zero-order chi connectivity index (χ0) is 12.0. The Balaban J connectivity index is 4.35. The number of ether oxygens (including phenoxy) is 1. The van der Waals surface area contributed by atoms with Gasteiger partial charge in [-0.3, -0.25) is 9.59 Å². The summed E-state index contributed by atoms with van der Waals surface area (Å²) in [6.07, 6.45) is -1.49. The third-order valence-corrected chi connectivity index (χ3v) is 1.72. The molecule has 0 heterocycles. The normalized spacial score (nSPS) is 14.0. The standard InChI is InChI=1S/C8H13NO6/c1-4(15-2)7(12)9-5(8(13)14)3-6(10)11/h4-5H,3H2,1-2H3,(H,9,12)(H,10,11)(H,13,14). The first-order valence-electron chi connectivity index (χ1n) is 4.16. The fraction of sp³-hybridized carbons (Fsp3) is 0.625. The lowest BCUT2D eigenvalue weighted by Crippen LogP contribution is -2.46. The van der Waals surface area contributed by atoms with Gasteiger partial charge in [-0.2, -0.15) is 0 Å². The number of nitrogens with one attached hydrogen (secondary N) is 1. The zero-order valence-corrected chi connectivity index (χ0v) is 8.39. The smallest absolute Gasteiger partial charge is 0.326 e. The molecule has 1 amide bonds. The molecule has 0 bridgehead atoms. The van der Waals surface area contributed by atoms with Gasteiger partial charge >= 0.3 is 11.9 Å². The Labute approximate surface area is 86.0 Å². The summed E-state index contributed by atoms with van der Waals surface area (Å²) in [5, 5.41) is 19.1. The molecule has 0 aromatic rings. The van der Waals surface area contributed by atoms with Crippen molar-refractivity contribution in [1.82, 2.24) is 5.32 Å². The Hall–Kier alpha value is -1.63. The van der Waals surface area contributed by atoms with Crippen molar-refractivity contribution in [2.75, 3.05) is 7.11 Å². The summed E-state index contributed by atoms with van der Waals surface area (Å²) in [6.45, 7) is 1.43. The number of amides is 1. The van der Waals surface area contributed by atoms with Crippen LogP contribution in [-0.2, 0) is 19.1 Å². The van der Waals surface area contributed by atoms with Crippen LogP contribution in [0.3, 0.4) is 0 Å². The van der Waals surface area contributed by atoms with Gasteiger partial charge in [0.25, 0.3) is 0 Å². The summed E-state index contributed by atoms with van der Waals surface area (Å²) >= 11 is 0. The Morgan fingerprint density at radius 2 is 1.87 bits per heavy atom. The van der Waals surface area contributed by atoms with Crippen molar-refractivity contribution < 1.29 is 29.3 Å². The third kappa shape index (κ3) is 4.96. The van der Waals surface area contributed by atoms with E-state index in [1.54, 1.807) is 0 Å². The topological polar surface area (TPSA) is 113 Å². The molecule has 0 spiro atoms. The van der Waals surface area contributed by atoms with E-state index < -0.39 is 36.4 Å². The number of methoxy groups -OCH3 is 1.